The average Bonchev–Trinajstić information content (AvgIpc) is 3.29. The topological polar surface area (TPSA) is 102 Å². The Balaban J connectivity index is 1.34. The van der Waals surface area contributed by atoms with E-state index in [-0.39, 0.29) is 22.8 Å². The van der Waals surface area contributed by atoms with Gasteiger partial charge in [-0.3, -0.25) is 9.58 Å². The van der Waals surface area contributed by atoms with Gasteiger partial charge < -0.3 is 4.74 Å². The van der Waals surface area contributed by atoms with Gasteiger partial charge in [0.15, 0.2) is 0 Å². The van der Waals surface area contributed by atoms with E-state index in [1.807, 2.05) is 36.9 Å². The number of alkyl halides is 3. The molecule has 13 heteroatoms. The highest BCUT2D eigenvalue weighted by Crippen LogP contribution is 2.31. The van der Waals surface area contributed by atoms with Gasteiger partial charge in [0, 0.05) is 44.5 Å². The van der Waals surface area contributed by atoms with E-state index in [1.54, 1.807) is 13.1 Å². The summed E-state index contributed by atoms with van der Waals surface area (Å²) < 4.78 is 74.3. The molecule has 0 amide bonds. The van der Waals surface area contributed by atoms with Crippen LogP contribution in [0.3, 0.4) is 0 Å². The van der Waals surface area contributed by atoms with Gasteiger partial charge in [-0.1, -0.05) is 30.3 Å². The summed E-state index contributed by atoms with van der Waals surface area (Å²) in [6.45, 7) is 5.41. The van der Waals surface area contributed by atoms with Crippen molar-refractivity contribution in [3.63, 3.8) is 0 Å². The molecule has 9 nitrogen and oxygen atoms in total. The molecule has 0 spiro atoms. The number of nitrogens with zero attached hydrogens (tertiary/aromatic N) is 5. The summed E-state index contributed by atoms with van der Waals surface area (Å²) in [4.78, 5) is 10.8. The van der Waals surface area contributed by atoms with Gasteiger partial charge in [-0.05, 0) is 42.7 Å². The summed E-state index contributed by atoms with van der Waals surface area (Å²) in [5.41, 5.74) is 3.34. The second-order valence-electron chi connectivity index (χ2n) is 9.77. The lowest BCUT2D eigenvalue weighted by molar-refractivity contribution is -0.137. The molecule has 1 aliphatic rings. The molecule has 1 saturated heterocycles. The minimum Gasteiger partial charge on any atom is -0.471 e. The Bertz CT molecular complexity index is 1610. The fraction of sp³-hybridized carbons (Fsp3) is 0.296. The van der Waals surface area contributed by atoms with Crippen LogP contribution in [0.2, 0.25) is 0 Å². The number of hydrogen-bond acceptors (Lipinski definition) is 7. The lowest BCUT2D eigenvalue weighted by atomic mass is 10.00. The summed E-state index contributed by atoms with van der Waals surface area (Å²) in [7, 11) is -2.38. The third kappa shape index (κ3) is 6.10. The highest BCUT2D eigenvalue weighted by atomic mass is 32.2. The zero-order valence-electron chi connectivity index (χ0n) is 22.0. The van der Waals surface area contributed by atoms with Crippen LogP contribution in [0.15, 0.2) is 65.8 Å². The predicted molar refractivity (Wildman–Crippen MR) is 142 cm³/mol. The lowest BCUT2D eigenvalue weighted by Crippen LogP contribution is -2.53. The molecular weight excluding hydrogens is 545 g/mol. The van der Waals surface area contributed by atoms with Crippen LogP contribution in [0.5, 0.6) is 5.88 Å². The van der Waals surface area contributed by atoms with E-state index in [9.17, 15) is 21.6 Å². The number of benzene rings is 2. The minimum absolute atomic E-state index is 0.0311. The molecule has 0 saturated carbocycles. The Hall–Kier alpha value is -3.97. The average molecular weight is 573 g/mol. The minimum atomic E-state index is -4.37. The van der Waals surface area contributed by atoms with Gasteiger partial charge in [0.2, 0.25) is 11.8 Å². The number of sulfonamides is 1. The van der Waals surface area contributed by atoms with Gasteiger partial charge in [-0.25, -0.2) is 18.1 Å². The van der Waals surface area contributed by atoms with Gasteiger partial charge >= 0.3 is 6.18 Å². The second-order valence-corrected chi connectivity index (χ2v) is 11.4. The SMILES string of the molecule is Cc1cccc(C)c1-c1cc(OC2CN(Cc3ccc(C(F)(F)F)cc3)C2)nc(NS(=O)(=O)c2cnn(C)c2)n1. The van der Waals surface area contributed by atoms with Crippen molar-refractivity contribution in [2.24, 2.45) is 7.05 Å². The number of aromatic nitrogens is 4. The standard InChI is InChI=1S/C27H27F3N6O3S/c1-17-5-4-6-18(2)25(17)23-11-24(33-26(32-23)34-40(37,38)22-12-31-35(3)16-22)39-21-14-36(15-21)13-19-7-9-20(10-8-19)27(28,29)30/h4-12,16,21H,13-15H2,1-3H3,(H,32,33,34). The molecule has 0 aliphatic carbocycles. The van der Waals surface area contributed by atoms with E-state index < -0.39 is 21.8 Å². The number of rotatable bonds is 8. The third-order valence-electron chi connectivity index (χ3n) is 6.56. The molecule has 1 fully saturated rings. The van der Waals surface area contributed by atoms with Crippen molar-refractivity contribution < 1.29 is 26.3 Å². The van der Waals surface area contributed by atoms with E-state index in [2.05, 4.69) is 19.8 Å². The van der Waals surface area contributed by atoms with Gasteiger partial charge in [-0.15, -0.1) is 0 Å². The van der Waals surface area contributed by atoms with E-state index in [1.165, 1.54) is 29.2 Å². The highest BCUT2D eigenvalue weighted by molar-refractivity contribution is 7.92. The number of anilines is 1. The molecule has 40 heavy (non-hydrogen) atoms. The molecule has 5 rings (SSSR count). The van der Waals surface area contributed by atoms with Gasteiger partial charge in [-0.2, -0.15) is 23.3 Å². The molecule has 2 aromatic heterocycles. The number of hydrogen-bond donors (Lipinski definition) is 1. The number of ether oxygens (including phenoxy) is 1. The van der Waals surface area contributed by atoms with Gasteiger partial charge in [0.05, 0.1) is 17.5 Å². The summed E-state index contributed by atoms with van der Waals surface area (Å²) in [5.74, 6) is 0.0654. The van der Waals surface area contributed by atoms with Gasteiger partial charge in [0.25, 0.3) is 10.0 Å². The molecule has 2 aromatic carbocycles. The van der Waals surface area contributed by atoms with Crippen LogP contribution in [0, 0.1) is 13.8 Å². The molecule has 3 heterocycles. The van der Waals surface area contributed by atoms with Crippen LogP contribution >= 0.6 is 0 Å². The third-order valence-corrected chi connectivity index (χ3v) is 7.84. The molecule has 0 unspecified atom stereocenters. The van der Waals surface area contributed by atoms with E-state index in [0.29, 0.717) is 25.3 Å². The first-order valence-corrected chi connectivity index (χ1v) is 13.9. The van der Waals surface area contributed by atoms with Crippen molar-refractivity contribution in [2.45, 2.75) is 37.6 Å². The first kappa shape index (κ1) is 27.6. The smallest absolute Gasteiger partial charge is 0.416 e. The monoisotopic (exact) mass is 572 g/mol. The Kier molecular flexibility index (Phi) is 7.27. The number of aryl methyl sites for hydroxylation is 3. The number of halogens is 3. The maximum atomic E-state index is 12.9. The van der Waals surface area contributed by atoms with Crippen LogP contribution in [0.4, 0.5) is 19.1 Å². The van der Waals surface area contributed by atoms with Gasteiger partial charge in [0.1, 0.15) is 11.0 Å². The van der Waals surface area contributed by atoms with Crippen LogP contribution < -0.4 is 9.46 Å². The fourth-order valence-corrected chi connectivity index (χ4v) is 5.48. The van der Waals surface area contributed by atoms with Crippen molar-refractivity contribution in [2.75, 3.05) is 17.8 Å². The zero-order chi connectivity index (χ0) is 28.7. The largest absolute Gasteiger partial charge is 0.471 e. The molecule has 0 radical (unpaired) electrons. The van der Waals surface area contributed by atoms with Crippen LogP contribution in [0.1, 0.15) is 22.3 Å². The summed E-state index contributed by atoms with van der Waals surface area (Å²) in [6.07, 6.45) is -2.01. The van der Waals surface area contributed by atoms with Crippen LogP contribution in [-0.2, 0) is 29.8 Å². The molecule has 210 valence electrons. The van der Waals surface area contributed by atoms with Crippen molar-refractivity contribution in [1.82, 2.24) is 24.6 Å². The van der Waals surface area contributed by atoms with E-state index in [4.69, 9.17) is 4.74 Å². The quantitative estimate of drug-likeness (QED) is 0.330. The Morgan fingerprint density at radius 3 is 2.33 bits per heavy atom. The second kappa shape index (κ2) is 10.5. The normalized spacial score (nSPS) is 14.7. The van der Waals surface area contributed by atoms with Crippen molar-refractivity contribution in [1.29, 1.82) is 0 Å². The molecule has 1 aliphatic heterocycles. The summed E-state index contributed by atoms with van der Waals surface area (Å²) in [6, 6.07) is 12.6. The van der Waals surface area contributed by atoms with E-state index in [0.717, 1.165) is 34.4 Å². The molecule has 4 aromatic rings. The van der Waals surface area contributed by atoms with Crippen LogP contribution in [-0.4, -0.2) is 52.3 Å². The number of nitrogens with one attached hydrogen (secondary N) is 1. The lowest BCUT2D eigenvalue weighted by Gasteiger charge is -2.38. The summed E-state index contributed by atoms with van der Waals surface area (Å²) >= 11 is 0. The predicted octanol–water partition coefficient (Wildman–Crippen LogP) is 4.58. The zero-order valence-corrected chi connectivity index (χ0v) is 22.8. The Labute approximate surface area is 229 Å². The van der Waals surface area contributed by atoms with Crippen molar-refractivity contribution in [3.05, 3.63) is 83.2 Å². The van der Waals surface area contributed by atoms with E-state index >= 15 is 0 Å². The fourth-order valence-electron chi connectivity index (χ4n) is 4.55. The maximum absolute atomic E-state index is 12.9. The first-order chi connectivity index (χ1) is 18.9. The van der Waals surface area contributed by atoms with Crippen LogP contribution in [0.25, 0.3) is 11.3 Å². The molecule has 1 N–H and O–H groups in total. The highest BCUT2D eigenvalue weighted by Gasteiger charge is 2.32. The number of likely N-dealkylation sites (tertiary alicyclic amines) is 1. The summed E-state index contributed by atoms with van der Waals surface area (Å²) in [5, 5.41) is 3.92. The Morgan fingerprint density at radius 1 is 1.05 bits per heavy atom. The molecule has 0 atom stereocenters. The molecule has 0 bridgehead atoms. The van der Waals surface area contributed by atoms with Crippen molar-refractivity contribution in [3.8, 4) is 17.1 Å². The Morgan fingerprint density at radius 2 is 1.73 bits per heavy atom. The first-order valence-electron chi connectivity index (χ1n) is 12.4. The molecular formula is C27H27F3N6O3S. The maximum Gasteiger partial charge on any atom is 0.416 e. The van der Waals surface area contributed by atoms with Crippen molar-refractivity contribution >= 4 is 16.0 Å².